The number of hydrogen-bond acceptors (Lipinski definition) is 2. The number of nitrogens with zero attached hydrogens (tertiary/aromatic N) is 3. The summed E-state index contributed by atoms with van der Waals surface area (Å²) in [5, 5.41) is 2.55. The zero-order valence-corrected chi connectivity index (χ0v) is 26.0. The van der Waals surface area contributed by atoms with Crippen molar-refractivity contribution in [3.63, 3.8) is 0 Å². The molecule has 8 aromatic rings. The Morgan fingerprint density at radius 3 is 1.53 bits per heavy atom. The van der Waals surface area contributed by atoms with E-state index >= 15 is 0 Å². The summed E-state index contributed by atoms with van der Waals surface area (Å²) in [6.07, 6.45) is 0. The van der Waals surface area contributed by atoms with Crippen molar-refractivity contribution in [3.8, 4) is 5.69 Å². The van der Waals surface area contributed by atoms with Gasteiger partial charge in [-0.25, -0.2) is 0 Å². The van der Waals surface area contributed by atoms with Crippen molar-refractivity contribution in [2.75, 3.05) is 9.80 Å². The molecule has 0 unspecified atom stereocenters. The van der Waals surface area contributed by atoms with Crippen LogP contribution in [-0.2, 0) is 0 Å². The summed E-state index contributed by atoms with van der Waals surface area (Å²) in [6.45, 7) is 2.29. The third kappa shape index (κ3) is 3.76. The van der Waals surface area contributed by atoms with Gasteiger partial charge in [-0.15, -0.1) is 0 Å². The maximum absolute atomic E-state index is 2.48. The van der Waals surface area contributed by atoms with Crippen LogP contribution in [-0.4, -0.2) is 11.3 Å². The van der Waals surface area contributed by atoms with E-state index in [1.54, 1.807) is 0 Å². The van der Waals surface area contributed by atoms with Crippen LogP contribution < -0.4 is 26.2 Å². The van der Waals surface area contributed by atoms with Gasteiger partial charge in [0.25, 0.3) is 6.71 Å². The smallest absolute Gasteiger partial charge is 0.252 e. The number of aryl methyl sites for hydroxylation is 1. The summed E-state index contributed by atoms with van der Waals surface area (Å²) in [6, 6.07) is 60.0. The monoisotopic (exact) mass is 599 g/mol. The van der Waals surface area contributed by atoms with Crippen LogP contribution in [0.3, 0.4) is 0 Å². The van der Waals surface area contributed by atoms with E-state index < -0.39 is 0 Å². The fourth-order valence-electron chi connectivity index (χ4n) is 8.13. The Bertz CT molecular complexity index is 2430. The van der Waals surface area contributed by atoms with Crippen molar-refractivity contribution in [2.24, 2.45) is 0 Å². The molecule has 0 bridgehead atoms. The molecule has 0 atom stereocenters. The highest BCUT2D eigenvalue weighted by Crippen LogP contribution is 2.44. The second-order valence-electron chi connectivity index (χ2n) is 12.7. The molecule has 0 saturated heterocycles. The van der Waals surface area contributed by atoms with Crippen LogP contribution in [0.5, 0.6) is 0 Å². The lowest BCUT2D eigenvalue weighted by molar-refractivity contribution is 1.17. The molecule has 7 aromatic carbocycles. The number of hydrogen-bond donors (Lipinski definition) is 0. The second kappa shape index (κ2) is 10.0. The predicted molar refractivity (Wildman–Crippen MR) is 200 cm³/mol. The summed E-state index contributed by atoms with van der Waals surface area (Å²) in [4.78, 5) is 4.94. The topological polar surface area (TPSA) is 11.4 Å². The lowest BCUT2D eigenvalue weighted by Gasteiger charge is -2.44. The Balaban J connectivity index is 1.31. The van der Waals surface area contributed by atoms with Crippen LogP contribution in [0.1, 0.15) is 5.56 Å². The minimum atomic E-state index is 0.0692. The van der Waals surface area contributed by atoms with E-state index in [0.29, 0.717) is 0 Å². The van der Waals surface area contributed by atoms with Crippen molar-refractivity contribution in [1.29, 1.82) is 0 Å². The van der Waals surface area contributed by atoms with Gasteiger partial charge in [-0.05, 0) is 102 Å². The first kappa shape index (κ1) is 26.2. The van der Waals surface area contributed by atoms with Crippen molar-refractivity contribution in [1.82, 2.24) is 4.57 Å². The molecule has 220 valence electrons. The highest BCUT2D eigenvalue weighted by atomic mass is 15.2. The van der Waals surface area contributed by atoms with Crippen molar-refractivity contribution < 1.29 is 0 Å². The quantitative estimate of drug-likeness (QED) is 0.188. The lowest BCUT2D eigenvalue weighted by atomic mass is 9.33. The molecule has 0 amide bonds. The predicted octanol–water partition coefficient (Wildman–Crippen LogP) is 9.17. The number of anilines is 6. The molecule has 10 rings (SSSR count). The van der Waals surface area contributed by atoms with Gasteiger partial charge in [0.2, 0.25) is 0 Å². The van der Waals surface area contributed by atoms with Gasteiger partial charge in [-0.3, -0.25) is 0 Å². The van der Waals surface area contributed by atoms with E-state index in [1.807, 2.05) is 0 Å². The van der Waals surface area contributed by atoms with Gasteiger partial charge in [-0.2, -0.15) is 0 Å². The van der Waals surface area contributed by atoms with Gasteiger partial charge in [-0.1, -0.05) is 91.0 Å². The fraction of sp³-hybridized carbons (Fsp3) is 0.0233. The van der Waals surface area contributed by atoms with Crippen molar-refractivity contribution in [3.05, 3.63) is 169 Å². The molecule has 0 N–H and O–H groups in total. The minimum absolute atomic E-state index is 0.0692. The first-order chi connectivity index (χ1) is 23.3. The molecule has 0 fully saturated rings. The Kier molecular flexibility index (Phi) is 5.59. The van der Waals surface area contributed by atoms with Crippen LogP contribution in [0.4, 0.5) is 34.1 Å². The highest BCUT2D eigenvalue weighted by Gasteiger charge is 2.43. The first-order valence-electron chi connectivity index (χ1n) is 16.3. The Morgan fingerprint density at radius 2 is 0.915 bits per heavy atom. The molecule has 0 radical (unpaired) electrons. The zero-order valence-electron chi connectivity index (χ0n) is 26.0. The van der Waals surface area contributed by atoms with Gasteiger partial charge in [0, 0.05) is 50.6 Å². The molecule has 3 heterocycles. The molecule has 1 aromatic heterocycles. The Hall–Kier alpha value is -6.00. The van der Waals surface area contributed by atoms with Crippen LogP contribution in [0.2, 0.25) is 0 Å². The standard InChI is InChI=1S/C43H30BN3/c1-29-26-41-43-42(27-29)46(31-16-6-3-7-17-31)40-25-24-32(47-37-21-11-8-18-33(37)34-19-9-12-22-38(34)47)28-36(40)44(43)35-20-10-13-23-39(35)45(41)30-14-4-2-5-15-30/h2-28H,1H3. The summed E-state index contributed by atoms with van der Waals surface area (Å²) < 4.78 is 2.44. The summed E-state index contributed by atoms with van der Waals surface area (Å²) in [5.74, 6) is 0. The Morgan fingerprint density at radius 1 is 0.404 bits per heavy atom. The molecule has 2 aliphatic heterocycles. The molecule has 47 heavy (non-hydrogen) atoms. The maximum atomic E-state index is 2.48. The minimum Gasteiger partial charge on any atom is -0.311 e. The molecule has 3 nitrogen and oxygen atoms in total. The SMILES string of the molecule is Cc1cc2c3c(c1)N(c1ccccc1)c1ccc(-n4c5ccccc5c5ccccc54)cc1B3c1ccccc1N2c1ccccc1. The van der Waals surface area contributed by atoms with Gasteiger partial charge in [0.05, 0.1) is 11.0 Å². The number of para-hydroxylation sites is 5. The van der Waals surface area contributed by atoms with Crippen LogP contribution in [0, 0.1) is 6.92 Å². The van der Waals surface area contributed by atoms with Crippen molar-refractivity contribution in [2.45, 2.75) is 6.92 Å². The average molecular weight is 600 g/mol. The summed E-state index contributed by atoms with van der Waals surface area (Å²) >= 11 is 0. The van der Waals surface area contributed by atoms with Crippen LogP contribution in [0.25, 0.3) is 27.5 Å². The zero-order chi connectivity index (χ0) is 31.1. The van der Waals surface area contributed by atoms with E-state index in [0.717, 1.165) is 5.69 Å². The lowest BCUT2D eigenvalue weighted by Crippen LogP contribution is -2.61. The molecule has 0 saturated carbocycles. The van der Waals surface area contributed by atoms with Gasteiger partial charge >= 0.3 is 0 Å². The number of fused-ring (bicyclic) bond motifs is 7. The van der Waals surface area contributed by atoms with Crippen molar-refractivity contribution >= 4 is 79.0 Å². The van der Waals surface area contributed by atoms with Crippen LogP contribution >= 0.6 is 0 Å². The van der Waals surface area contributed by atoms with E-state index in [9.17, 15) is 0 Å². The molecular formula is C43H30BN3. The van der Waals surface area contributed by atoms with Crippen LogP contribution in [0.15, 0.2) is 164 Å². The van der Waals surface area contributed by atoms with Gasteiger partial charge < -0.3 is 14.4 Å². The van der Waals surface area contributed by atoms with E-state index in [1.165, 1.54) is 77.9 Å². The average Bonchev–Trinajstić information content (AvgIpc) is 3.46. The molecule has 4 heteroatoms. The van der Waals surface area contributed by atoms with Gasteiger partial charge in [0.1, 0.15) is 0 Å². The third-order valence-electron chi connectivity index (χ3n) is 9.97. The highest BCUT2D eigenvalue weighted by molar-refractivity contribution is 7.00. The third-order valence-corrected chi connectivity index (χ3v) is 9.97. The van der Waals surface area contributed by atoms with E-state index in [2.05, 4.69) is 185 Å². The van der Waals surface area contributed by atoms with E-state index in [-0.39, 0.29) is 6.71 Å². The normalized spacial score (nSPS) is 13.1. The largest absolute Gasteiger partial charge is 0.311 e. The van der Waals surface area contributed by atoms with E-state index in [4.69, 9.17) is 0 Å². The first-order valence-corrected chi connectivity index (χ1v) is 16.3. The number of benzene rings is 7. The fourth-order valence-corrected chi connectivity index (χ4v) is 8.13. The Labute approximate surface area is 274 Å². The molecular weight excluding hydrogens is 569 g/mol. The summed E-state index contributed by atoms with van der Waals surface area (Å²) in [7, 11) is 0. The number of aromatic nitrogens is 1. The maximum Gasteiger partial charge on any atom is 0.252 e. The van der Waals surface area contributed by atoms with Gasteiger partial charge in [0.15, 0.2) is 0 Å². The molecule has 2 aliphatic rings. The summed E-state index contributed by atoms with van der Waals surface area (Å²) in [5.41, 5.74) is 16.1. The second-order valence-corrected chi connectivity index (χ2v) is 12.7. The molecule has 0 spiro atoms. The number of rotatable bonds is 3. The molecule has 0 aliphatic carbocycles.